The predicted octanol–water partition coefficient (Wildman–Crippen LogP) is 3.10. The van der Waals surface area contributed by atoms with Crippen LogP contribution in [-0.4, -0.2) is 27.8 Å². The summed E-state index contributed by atoms with van der Waals surface area (Å²) in [5.41, 5.74) is 3.76. The topological polar surface area (TPSA) is 99.3 Å². The molecule has 124 valence electrons. The van der Waals surface area contributed by atoms with Gasteiger partial charge in [-0.15, -0.1) is 0 Å². The highest BCUT2D eigenvalue weighted by Gasteiger charge is 2.26. The van der Waals surface area contributed by atoms with Crippen molar-refractivity contribution >= 4 is 23.3 Å². The third-order valence-corrected chi connectivity index (χ3v) is 4.40. The van der Waals surface area contributed by atoms with Crippen molar-refractivity contribution in [1.29, 1.82) is 0 Å². The Hall–Kier alpha value is -2.89. The quantitative estimate of drug-likeness (QED) is 0.807. The number of hydrogen-bond acceptors (Lipinski definition) is 3. The summed E-state index contributed by atoms with van der Waals surface area (Å²) in [6.45, 7) is 3.55. The Bertz CT molecular complexity index is 864. The van der Waals surface area contributed by atoms with Crippen molar-refractivity contribution in [2.24, 2.45) is 0 Å². The van der Waals surface area contributed by atoms with Gasteiger partial charge in [0.1, 0.15) is 5.69 Å². The molecule has 0 bridgehead atoms. The van der Waals surface area contributed by atoms with Crippen LogP contribution in [0.4, 0.5) is 5.69 Å². The first kappa shape index (κ1) is 16.0. The molecular weight excluding hydrogens is 308 g/mol. The van der Waals surface area contributed by atoms with E-state index < -0.39 is 5.97 Å². The number of benzene rings is 1. The zero-order valence-corrected chi connectivity index (χ0v) is 13.5. The maximum atomic E-state index is 12.6. The van der Waals surface area contributed by atoms with E-state index in [1.807, 2.05) is 0 Å². The molecule has 0 unspecified atom stereocenters. The van der Waals surface area contributed by atoms with E-state index >= 15 is 0 Å². The number of nitrogens with one attached hydrogen (secondary N) is 2. The molecule has 24 heavy (non-hydrogen) atoms. The molecule has 1 heterocycles. The van der Waals surface area contributed by atoms with E-state index in [4.69, 9.17) is 5.11 Å². The number of hydrogen-bond donors (Lipinski definition) is 3. The Balaban J connectivity index is 1.93. The van der Waals surface area contributed by atoms with E-state index in [-0.39, 0.29) is 17.3 Å². The van der Waals surface area contributed by atoms with E-state index in [1.54, 1.807) is 19.9 Å². The third kappa shape index (κ3) is 2.71. The van der Waals surface area contributed by atoms with E-state index in [9.17, 15) is 14.4 Å². The molecule has 0 atom stereocenters. The molecule has 6 nitrogen and oxygen atoms in total. The largest absolute Gasteiger partial charge is 0.478 e. The second-order valence-corrected chi connectivity index (χ2v) is 6.04. The van der Waals surface area contributed by atoms with Crippen LogP contribution in [0.2, 0.25) is 0 Å². The number of carboxylic acids is 1. The van der Waals surface area contributed by atoms with Crippen LogP contribution >= 0.6 is 0 Å². The minimum absolute atomic E-state index is 0.0631. The highest BCUT2D eigenvalue weighted by atomic mass is 16.4. The molecule has 1 aromatic carbocycles. The lowest BCUT2D eigenvalue weighted by atomic mass is 9.94. The lowest BCUT2D eigenvalue weighted by Gasteiger charge is -2.10. The summed E-state index contributed by atoms with van der Waals surface area (Å²) in [5, 5.41) is 11.8. The number of carbonyl (C=O) groups is 3. The molecule has 6 heteroatoms. The van der Waals surface area contributed by atoms with Crippen LogP contribution in [0, 0.1) is 13.8 Å². The number of Topliss-reactive ketones (excluding diaryl/α,β-unsaturated/α-hetero) is 1. The van der Waals surface area contributed by atoms with Crippen LogP contribution in [-0.2, 0) is 6.42 Å². The maximum Gasteiger partial charge on any atom is 0.335 e. The van der Waals surface area contributed by atoms with Crippen molar-refractivity contribution in [3.63, 3.8) is 0 Å². The number of carbonyl (C=O) groups excluding carboxylic acids is 2. The van der Waals surface area contributed by atoms with E-state index in [0.717, 1.165) is 24.1 Å². The van der Waals surface area contributed by atoms with Crippen LogP contribution in [0.3, 0.4) is 0 Å². The van der Waals surface area contributed by atoms with Gasteiger partial charge < -0.3 is 15.4 Å². The number of aryl methyl sites for hydroxylation is 2. The van der Waals surface area contributed by atoms with Crippen LogP contribution in [0.15, 0.2) is 18.2 Å². The Morgan fingerprint density at radius 3 is 2.62 bits per heavy atom. The lowest BCUT2D eigenvalue weighted by Crippen LogP contribution is -2.15. The summed E-state index contributed by atoms with van der Waals surface area (Å²) >= 11 is 0. The zero-order valence-electron chi connectivity index (χ0n) is 13.5. The molecule has 1 aliphatic carbocycles. The normalized spacial score (nSPS) is 13.5. The molecule has 1 aliphatic rings. The Morgan fingerprint density at radius 1 is 1.21 bits per heavy atom. The summed E-state index contributed by atoms with van der Waals surface area (Å²) < 4.78 is 0. The predicted molar refractivity (Wildman–Crippen MR) is 88.9 cm³/mol. The Morgan fingerprint density at radius 2 is 1.96 bits per heavy atom. The van der Waals surface area contributed by atoms with Gasteiger partial charge in [-0.25, -0.2) is 4.79 Å². The number of aromatic nitrogens is 1. The van der Waals surface area contributed by atoms with Gasteiger partial charge in [-0.1, -0.05) is 6.07 Å². The number of ketones is 1. The number of carboxylic acid groups (broad SMARTS) is 1. The molecule has 0 saturated carbocycles. The number of aromatic carboxylic acids is 1. The van der Waals surface area contributed by atoms with E-state index in [2.05, 4.69) is 10.3 Å². The first-order valence-electron chi connectivity index (χ1n) is 7.78. The molecule has 0 saturated heterocycles. The van der Waals surface area contributed by atoms with Gasteiger partial charge in [-0.3, -0.25) is 9.59 Å². The number of H-pyrrole nitrogens is 1. The van der Waals surface area contributed by atoms with Gasteiger partial charge in [0.25, 0.3) is 5.91 Å². The summed E-state index contributed by atoms with van der Waals surface area (Å²) in [5.74, 6) is -1.36. The summed E-state index contributed by atoms with van der Waals surface area (Å²) in [4.78, 5) is 38.8. The second-order valence-electron chi connectivity index (χ2n) is 6.04. The van der Waals surface area contributed by atoms with Gasteiger partial charge in [0, 0.05) is 23.4 Å². The van der Waals surface area contributed by atoms with E-state index in [1.165, 1.54) is 12.1 Å². The molecule has 1 aromatic heterocycles. The SMILES string of the molecule is Cc1ccc(C(=O)O)cc1NC(=O)c1[nH]c2c(c1C)C(=O)CCC2. The second kappa shape index (κ2) is 5.96. The van der Waals surface area contributed by atoms with Crippen molar-refractivity contribution < 1.29 is 19.5 Å². The third-order valence-electron chi connectivity index (χ3n) is 4.40. The first-order chi connectivity index (χ1) is 11.4. The van der Waals surface area contributed by atoms with Crippen molar-refractivity contribution in [3.8, 4) is 0 Å². The minimum Gasteiger partial charge on any atom is -0.478 e. The molecule has 0 spiro atoms. The maximum absolute atomic E-state index is 12.6. The monoisotopic (exact) mass is 326 g/mol. The summed E-state index contributed by atoms with van der Waals surface area (Å²) in [7, 11) is 0. The average molecular weight is 326 g/mol. The van der Waals surface area contributed by atoms with Gasteiger partial charge >= 0.3 is 5.97 Å². The van der Waals surface area contributed by atoms with Gasteiger partial charge in [0.05, 0.1) is 5.56 Å². The average Bonchev–Trinajstić information content (AvgIpc) is 2.87. The van der Waals surface area contributed by atoms with Gasteiger partial charge in [-0.2, -0.15) is 0 Å². The molecular formula is C18H18N2O4. The highest BCUT2D eigenvalue weighted by molar-refractivity contribution is 6.09. The fraction of sp³-hybridized carbons (Fsp3) is 0.278. The number of aromatic amines is 1. The Kier molecular flexibility index (Phi) is 3.97. The zero-order chi connectivity index (χ0) is 17.4. The van der Waals surface area contributed by atoms with Crippen LogP contribution in [0.25, 0.3) is 0 Å². The van der Waals surface area contributed by atoms with Gasteiger partial charge in [-0.05, 0) is 49.9 Å². The minimum atomic E-state index is -1.05. The molecule has 3 rings (SSSR count). The van der Waals surface area contributed by atoms with E-state index in [0.29, 0.717) is 28.9 Å². The number of rotatable bonds is 3. The smallest absolute Gasteiger partial charge is 0.335 e. The van der Waals surface area contributed by atoms with Crippen LogP contribution < -0.4 is 5.32 Å². The molecule has 2 aromatic rings. The number of anilines is 1. The van der Waals surface area contributed by atoms with Crippen molar-refractivity contribution in [2.45, 2.75) is 33.1 Å². The van der Waals surface area contributed by atoms with Crippen molar-refractivity contribution in [2.75, 3.05) is 5.32 Å². The van der Waals surface area contributed by atoms with Gasteiger partial charge in [0.2, 0.25) is 0 Å². The fourth-order valence-electron chi connectivity index (χ4n) is 3.08. The summed E-state index contributed by atoms with van der Waals surface area (Å²) in [6, 6.07) is 4.57. The number of fused-ring (bicyclic) bond motifs is 1. The lowest BCUT2D eigenvalue weighted by molar-refractivity contribution is 0.0696. The molecule has 0 fully saturated rings. The van der Waals surface area contributed by atoms with Gasteiger partial charge in [0.15, 0.2) is 5.78 Å². The molecule has 1 amide bonds. The molecule has 3 N–H and O–H groups in total. The van der Waals surface area contributed by atoms with Crippen molar-refractivity contribution in [1.82, 2.24) is 4.98 Å². The molecule has 0 aliphatic heterocycles. The van der Waals surface area contributed by atoms with Crippen molar-refractivity contribution in [3.05, 3.63) is 51.8 Å². The first-order valence-corrected chi connectivity index (χ1v) is 7.78. The van der Waals surface area contributed by atoms with Crippen LogP contribution in [0.5, 0.6) is 0 Å². The summed E-state index contributed by atoms with van der Waals surface area (Å²) in [6.07, 6.45) is 2.04. The Labute approximate surface area is 138 Å². The highest BCUT2D eigenvalue weighted by Crippen LogP contribution is 2.27. The van der Waals surface area contributed by atoms with Crippen LogP contribution in [0.1, 0.15) is 60.9 Å². The number of amides is 1. The molecule has 0 radical (unpaired) electrons. The standard InChI is InChI=1S/C18H18N2O4/c1-9-6-7-11(18(23)24)8-13(9)20-17(22)16-10(2)15-12(19-16)4-3-5-14(15)21/h6-8,19H,3-5H2,1-2H3,(H,20,22)(H,23,24). The fourth-order valence-corrected chi connectivity index (χ4v) is 3.08.